The van der Waals surface area contributed by atoms with Gasteiger partial charge in [0.05, 0.1) is 0 Å². The minimum Gasteiger partial charge on any atom is -0.480 e. The van der Waals surface area contributed by atoms with E-state index >= 15 is 0 Å². The van der Waals surface area contributed by atoms with Gasteiger partial charge in [-0.2, -0.15) is 0 Å². The van der Waals surface area contributed by atoms with Gasteiger partial charge in [-0.15, -0.1) is 0 Å². The predicted molar refractivity (Wildman–Crippen MR) is 79.5 cm³/mol. The number of rotatable bonds is 2. The zero-order valence-electron chi connectivity index (χ0n) is 12.0. The Labute approximate surface area is 123 Å². The molecule has 5 nitrogen and oxygen atoms in total. The summed E-state index contributed by atoms with van der Waals surface area (Å²) in [6, 6.07) is 7.59. The summed E-state index contributed by atoms with van der Waals surface area (Å²) in [6.45, 7) is 0.637. The lowest BCUT2D eigenvalue weighted by Crippen LogP contribution is -2.61. The second-order valence-electron chi connectivity index (χ2n) is 5.91. The van der Waals surface area contributed by atoms with Crippen molar-refractivity contribution in [2.45, 2.75) is 44.1 Å². The molecule has 1 aromatic carbocycles. The number of nitrogens with one attached hydrogen (secondary N) is 1. The van der Waals surface area contributed by atoms with Crippen molar-refractivity contribution in [2.75, 3.05) is 11.4 Å². The Morgan fingerprint density at radius 3 is 2.57 bits per heavy atom. The van der Waals surface area contributed by atoms with Crippen LogP contribution in [0.1, 0.15) is 37.7 Å². The third-order valence-electron chi connectivity index (χ3n) is 4.57. The van der Waals surface area contributed by atoms with Gasteiger partial charge in [-0.1, -0.05) is 18.2 Å². The summed E-state index contributed by atoms with van der Waals surface area (Å²) < 4.78 is 0. The van der Waals surface area contributed by atoms with Crippen LogP contribution in [0.5, 0.6) is 0 Å². The molecule has 5 heteroatoms. The molecule has 1 aliphatic heterocycles. The Morgan fingerprint density at radius 2 is 1.90 bits per heavy atom. The number of aliphatic carboxylic acids is 1. The standard InChI is InChI=1S/C16H20N2O3/c19-14(20)16(9-5-10-16)17-15(21)18-11-4-3-7-12-6-1-2-8-13(12)18/h1-2,6,8H,3-5,7,9-11H2,(H,17,21)(H,19,20). The van der Waals surface area contributed by atoms with Crippen molar-refractivity contribution >= 4 is 17.7 Å². The van der Waals surface area contributed by atoms with E-state index in [1.807, 2.05) is 24.3 Å². The highest BCUT2D eigenvalue weighted by Crippen LogP contribution is 2.33. The van der Waals surface area contributed by atoms with E-state index in [0.717, 1.165) is 36.9 Å². The number of urea groups is 1. The normalized spacial score (nSPS) is 19.9. The van der Waals surface area contributed by atoms with Crippen molar-refractivity contribution in [2.24, 2.45) is 0 Å². The molecule has 0 unspecified atom stereocenters. The Bertz CT molecular complexity index is 566. The molecule has 1 saturated carbocycles. The number of hydrogen-bond acceptors (Lipinski definition) is 2. The van der Waals surface area contributed by atoms with Crippen LogP contribution in [-0.2, 0) is 11.2 Å². The number of anilines is 1. The Hall–Kier alpha value is -2.04. The molecule has 2 aliphatic rings. The highest BCUT2D eigenvalue weighted by molar-refractivity contribution is 5.96. The van der Waals surface area contributed by atoms with E-state index in [1.54, 1.807) is 4.90 Å². The number of carbonyl (C=O) groups is 2. The summed E-state index contributed by atoms with van der Waals surface area (Å²) in [5.74, 6) is -0.926. The molecule has 0 spiro atoms. The second kappa shape index (κ2) is 5.39. The molecule has 21 heavy (non-hydrogen) atoms. The predicted octanol–water partition coefficient (Wildman–Crippen LogP) is 2.55. The minimum atomic E-state index is -1.06. The lowest BCUT2D eigenvalue weighted by molar-refractivity contribution is -0.148. The fourth-order valence-electron chi connectivity index (χ4n) is 3.10. The zero-order chi connectivity index (χ0) is 14.9. The van der Waals surface area contributed by atoms with Gasteiger partial charge in [0.2, 0.25) is 0 Å². The van der Waals surface area contributed by atoms with Crippen LogP contribution in [-0.4, -0.2) is 29.2 Å². The molecule has 2 amide bonds. The van der Waals surface area contributed by atoms with Gasteiger partial charge in [-0.05, 0) is 50.2 Å². The molecule has 1 aromatic rings. The molecule has 3 rings (SSSR count). The van der Waals surface area contributed by atoms with Crippen molar-refractivity contribution in [1.29, 1.82) is 0 Å². The molecule has 0 bridgehead atoms. The summed E-state index contributed by atoms with van der Waals surface area (Å²) >= 11 is 0. The first-order chi connectivity index (χ1) is 10.1. The van der Waals surface area contributed by atoms with Crippen molar-refractivity contribution < 1.29 is 14.7 Å². The summed E-state index contributed by atoms with van der Waals surface area (Å²) in [6.07, 6.45) is 4.83. The van der Waals surface area contributed by atoms with Gasteiger partial charge in [-0.3, -0.25) is 4.90 Å². The van der Waals surface area contributed by atoms with E-state index in [0.29, 0.717) is 19.4 Å². The van der Waals surface area contributed by atoms with Crippen molar-refractivity contribution in [3.05, 3.63) is 29.8 Å². The van der Waals surface area contributed by atoms with Gasteiger partial charge in [0, 0.05) is 12.2 Å². The lowest BCUT2D eigenvalue weighted by atomic mass is 9.77. The van der Waals surface area contributed by atoms with Gasteiger partial charge in [0.15, 0.2) is 0 Å². The van der Waals surface area contributed by atoms with Gasteiger partial charge in [0.25, 0.3) is 0 Å². The fraction of sp³-hybridized carbons (Fsp3) is 0.500. The fourth-order valence-corrected chi connectivity index (χ4v) is 3.10. The van der Waals surface area contributed by atoms with Gasteiger partial charge < -0.3 is 10.4 Å². The van der Waals surface area contributed by atoms with Crippen molar-refractivity contribution in [3.8, 4) is 0 Å². The largest absolute Gasteiger partial charge is 0.480 e. The maximum absolute atomic E-state index is 12.6. The van der Waals surface area contributed by atoms with E-state index in [9.17, 15) is 14.7 Å². The average Bonchev–Trinajstić information content (AvgIpc) is 2.64. The number of fused-ring (bicyclic) bond motifs is 1. The maximum atomic E-state index is 12.6. The number of aryl methyl sites for hydroxylation is 1. The first-order valence-electron chi connectivity index (χ1n) is 7.53. The number of carboxylic acids is 1. The summed E-state index contributed by atoms with van der Waals surface area (Å²) in [5, 5.41) is 12.1. The van der Waals surface area contributed by atoms with Crippen LogP contribution in [0.3, 0.4) is 0 Å². The topological polar surface area (TPSA) is 69.6 Å². The SMILES string of the molecule is O=C(NC1(C(=O)O)CCC1)N1CCCCc2ccccc21. The maximum Gasteiger partial charge on any atom is 0.329 e. The van der Waals surface area contributed by atoms with Gasteiger partial charge >= 0.3 is 12.0 Å². The van der Waals surface area contributed by atoms with Gasteiger partial charge in [0.1, 0.15) is 5.54 Å². The van der Waals surface area contributed by atoms with E-state index < -0.39 is 11.5 Å². The summed E-state index contributed by atoms with van der Waals surface area (Å²) in [4.78, 5) is 25.7. The quantitative estimate of drug-likeness (QED) is 0.878. The highest BCUT2D eigenvalue weighted by atomic mass is 16.4. The molecular weight excluding hydrogens is 268 g/mol. The minimum absolute atomic E-state index is 0.286. The van der Waals surface area contributed by atoms with Crippen LogP contribution >= 0.6 is 0 Å². The zero-order valence-corrected chi connectivity index (χ0v) is 12.0. The Morgan fingerprint density at radius 1 is 1.14 bits per heavy atom. The molecular formula is C16H20N2O3. The second-order valence-corrected chi connectivity index (χ2v) is 5.91. The monoisotopic (exact) mass is 288 g/mol. The summed E-state index contributed by atoms with van der Waals surface area (Å²) in [5.41, 5.74) is 1.01. The third kappa shape index (κ3) is 2.48. The van der Waals surface area contributed by atoms with Gasteiger partial charge in [-0.25, -0.2) is 9.59 Å². The van der Waals surface area contributed by atoms with Crippen LogP contribution in [0.2, 0.25) is 0 Å². The molecule has 0 saturated heterocycles. The molecule has 0 aromatic heterocycles. The van der Waals surface area contributed by atoms with Crippen LogP contribution < -0.4 is 10.2 Å². The highest BCUT2D eigenvalue weighted by Gasteiger charge is 2.46. The number of carbonyl (C=O) groups excluding carboxylic acids is 1. The van der Waals surface area contributed by atoms with E-state index in [1.165, 1.54) is 0 Å². The molecule has 1 fully saturated rings. The molecule has 112 valence electrons. The smallest absolute Gasteiger partial charge is 0.329 e. The summed E-state index contributed by atoms with van der Waals surface area (Å²) in [7, 11) is 0. The number of para-hydroxylation sites is 1. The number of benzene rings is 1. The Kier molecular flexibility index (Phi) is 3.57. The number of amides is 2. The van der Waals surface area contributed by atoms with Crippen molar-refractivity contribution in [1.82, 2.24) is 5.32 Å². The number of carboxylic acid groups (broad SMARTS) is 1. The number of nitrogens with zero attached hydrogens (tertiary/aromatic N) is 1. The first kappa shape index (κ1) is 13.9. The Balaban J connectivity index is 1.83. The van der Waals surface area contributed by atoms with Crippen LogP contribution in [0, 0.1) is 0 Å². The lowest BCUT2D eigenvalue weighted by Gasteiger charge is -2.39. The van der Waals surface area contributed by atoms with Crippen LogP contribution in [0.25, 0.3) is 0 Å². The number of hydrogen-bond donors (Lipinski definition) is 2. The first-order valence-corrected chi connectivity index (χ1v) is 7.53. The van der Waals surface area contributed by atoms with E-state index in [2.05, 4.69) is 5.32 Å². The van der Waals surface area contributed by atoms with E-state index in [-0.39, 0.29) is 6.03 Å². The van der Waals surface area contributed by atoms with Crippen LogP contribution in [0.4, 0.5) is 10.5 Å². The van der Waals surface area contributed by atoms with E-state index in [4.69, 9.17) is 0 Å². The molecule has 1 aliphatic carbocycles. The molecule has 0 radical (unpaired) electrons. The molecule has 1 heterocycles. The molecule has 2 N–H and O–H groups in total. The molecule has 0 atom stereocenters. The third-order valence-corrected chi connectivity index (χ3v) is 4.57. The average molecular weight is 288 g/mol. The van der Waals surface area contributed by atoms with Crippen molar-refractivity contribution in [3.63, 3.8) is 0 Å². The van der Waals surface area contributed by atoms with Crippen LogP contribution in [0.15, 0.2) is 24.3 Å².